The van der Waals surface area contributed by atoms with Crippen molar-refractivity contribution in [3.05, 3.63) is 71.7 Å². The molecule has 0 aliphatic heterocycles. The first-order chi connectivity index (χ1) is 10.8. The van der Waals surface area contributed by atoms with Gasteiger partial charge in [-0.15, -0.1) is 11.3 Å². The van der Waals surface area contributed by atoms with Gasteiger partial charge in [-0.3, -0.25) is 4.79 Å². The Morgan fingerprint density at radius 2 is 1.95 bits per heavy atom. The summed E-state index contributed by atoms with van der Waals surface area (Å²) in [6, 6.07) is 17.4. The van der Waals surface area contributed by atoms with Gasteiger partial charge in [-0.25, -0.2) is 4.98 Å². The van der Waals surface area contributed by atoms with Crippen LogP contribution in [0.1, 0.15) is 17.3 Å². The lowest BCUT2D eigenvalue weighted by Crippen LogP contribution is -2.30. The van der Waals surface area contributed by atoms with Gasteiger partial charge in [-0.1, -0.05) is 30.3 Å². The molecule has 0 unspecified atom stereocenters. The van der Waals surface area contributed by atoms with E-state index in [1.54, 1.807) is 22.4 Å². The van der Waals surface area contributed by atoms with E-state index in [4.69, 9.17) is 0 Å². The monoisotopic (exact) mass is 308 g/mol. The summed E-state index contributed by atoms with van der Waals surface area (Å²) < 4.78 is 0. The molecule has 0 spiro atoms. The number of hydrogen-bond donors (Lipinski definition) is 0. The molecule has 3 nitrogen and oxygen atoms in total. The number of benzene rings is 2. The minimum Gasteiger partial charge on any atom is -0.309 e. The van der Waals surface area contributed by atoms with E-state index in [0.717, 1.165) is 16.3 Å². The second-order valence-corrected chi connectivity index (χ2v) is 5.70. The Morgan fingerprint density at radius 1 is 1.14 bits per heavy atom. The lowest BCUT2D eigenvalue weighted by Gasteiger charge is -2.21. The molecule has 3 rings (SSSR count). The van der Waals surface area contributed by atoms with Crippen molar-refractivity contribution in [1.29, 1.82) is 0 Å². The average molecular weight is 308 g/mol. The van der Waals surface area contributed by atoms with Gasteiger partial charge in [0.25, 0.3) is 5.91 Å². The number of anilines is 1. The van der Waals surface area contributed by atoms with E-state index >= 15 is 0 Å². The zero-order chi connectivity index (χ0) is 15.4. The Hall–Kier alpha value is -2.46. The predicted molar refractivity (Wildman–Crippen MR) is 91.3 cm³/mol. The summed E-state index contributed by atoms with van der Waals surface area (Å²) in [6.45, 7) is 2.61. The van der Waals surface area contributed by atoms with Gasteiger partial charge in [0.05, 0.1) is 0 Å². The molecule has 0 saturated carbocycles. The van der Waals surface area contributed by atoms with E-state index in [1.165, 1.54) is 0 Å². The molecular weight excluding hydrogens is 292 g/mol. The second-order valence-electron chi connectivity index (χ2n) is 4.80. The van der Waals surface area contributed by atoms with E-state index < -0.39 is 0 Å². The molecule has 110 valence electrons. The lowest BCUT2D eigenvalue weighted by atomic mass is 10.1. The maximum absolute atomic E-state index is 12.8. The second kappa shape index (κ2) is 6.54. The third-order valence-electron chi connectivity index (χ3n) is 3.42. The van der Waals surface area contributed by atoms with E-state index in [2.05, 4.69) is 4.98 Å². The van der Waals surface area contributed by atoms with Crippen LogP contribution >= 0.6 is 11.3 Å². The van der Waals surface area contributed by atoms with Crippen LogP contribution in [0.25, 0.3) is 10.6 Å². The Kier molecular flexibility index (Phi) is 4.30. The summed E-state index contributed by atoms with van der Waals surface area (Å²) in [5, 5.41) is 2.86. The van der Waals surface area contributed by atoms with Gasteiger partial charge in [0.15, 0.2) is 0 Å². The summed E-state index contributed by atoms with van der Waals surface area (Å²) in [4.78, 5) is 18.9. The minimum absolute atomic E-state index is 0.00658. The van der Waals surface area contributed by atoms with Crippen LogP contribution in [-0.4, -0.2) is 17.4 Å². The number of thiazole rings is 1. The fourth-order valence-corrected chi connectivity index (χ4v) is 2.99. The minimum atomic E-state index is 0.00658. The summed E-state index contributed by atoms with van der Waals surface area (Å²) in [7, 11) is 0. The van der Waals surface area contributed by atoms with E-state index in [9.17, 15) is 4.79 Å². The molecule has 3 aromatic rings. The number of amides is 1. The average Bonchev–Trinajstić information content (AvgIpc) is 3.11. The number of carbonyl (C=O) groups excluding carboxylic acids is 1. The van der Waals surface area contributed by atoms with E-state index in [0.29, 0.717) is 12.1 Å². The molecule has 1 amide bonds. The summed E-state index contributed by atoms with van der Waals surface area (Å²) in [6.07, 6.45) is 1.77. The van der Waals surface area contributed by atoms with E-state index in [-0.39, 0.29) is 5.91 Å². The zero-order valence-electron chi connectivity index (χ0n) is 12.3. The number of carbonyl (C=O) groups is 1. The van der Waals surface area contributed by atoms with Gasteiger partial charge in [0, 0.05) is 34.9 Å². The van der Waals surface area contributed by atoms with Crippen LogP contribution in [0.3, 0.4) is 0 Å². The zero-order valence-corrected chi connectivity index (χ0v) is 13.1. The molecule has 0 radical (unpaired) electrons. The molecule has 0 aliphatic carbocycles. The van der Waals surface area contributed by atoms with Gasteiger partial charge in [-0.2, -0.15) is 0 Å². The van der Waals surface area contributed by atoms with E-state index in [1.807, 2.05) is 66.9 Å². The van der Waals surface area contributed by atoms with Crippen molar-refractivity contribution in [3.8, 4) is 10.6 Å². The highest BCUT2D eigenvalue weighted by atomic mass is 32.1. The van der Waals surface area contributed by atoms with Crippen LogP contribution in [0, 0.1) is 0 Å². The summed E-state index contributed by atoms with van der Waals surface area (Å²) in [5.41, 5.74) is 2.57. The Morgan fingerprint density at radius 3 is 2.64 bits per heavy atom. The van der Waals surface area contributed by atoms with Crippen molar-refractivity contribution in [3.63, 3.8) is 0 Å². The van der Waals surface area contributed by atoms with Crippen molar-refractivity contribution in [2.45, 2.75) is 6.92 Å². The molecule has 0 aliphatic rings. The molecule has 4 heteroatoms. The number of rotatable bonds is 4. The van der Waals surface area contributed by atoms with Crippen LogP contribution in [-0.2, 0) is 0 Å². The molecule has 1 heterocycles. The SMILES string of the molecule is CCN(C(=O)c1cccc(-c2nccs2)c1)c1ccccc1. The first kappa shape index (κ1) is 14.5. The van der Waals surface area contributed by atoms with Crippen molar-refractivity contribution < 1.29 is 4.79 Å². The van der Waals surface area contributed by atoms with Gasteiger partial charge < -0.3 is 4.90 Å². The first-order valence-electron chi connectivity index (χ1n) is 7.16. The fourth-order valence-electron chi connectivity index (χ4n) is 2.36. The highest BCUT2D eigenvalue weighted by Gasteiger charge is 2.16. The topological polar surface area (TPSA) is 33.2 Å². The van der Waals surface area contributed by atoms with Crippen LogP contribution in [0.2, 0.25) is 0 Å². The predicted octanol–water partition coefficient (Wildman–Crippen LogP) is 4.48. The van der Waals surface area contributed by atoms with Crippen molar-refractivity contribution in [2.24, 2.45) is 0 Å². The number of hydrogen-bond acceptors (Lipinski definition) is 3. The smallest absolute Gasteiger partial charge is 0.258 e. The quantitative estimate of drug-likeness (QED) is 0.712. The highest BCUT2D eigenvalue weighted by Crippen LogP contribution is 2.24. The third-order valence-corrected chi connectivity index (χ3v) is 4.24. The summed E-state index contributed by atoms with van der Waals surface area (Å²) in [5.74, 6) is 0.00658. The molecule has 0 N–H and O–H groups in total. The van der Waals surface area contributed by atoms with Crippen LogP contribution in [0.5, 0.6) is 0 Å². The van der Waals surface area contributed by atoms with Gasteiger partial charge in [-0.05, 0) is 31.2 Å². The summed E-state index contributed by atoms with van der Waals surface area (Å²) >= 11 is 1.57. The standard InChI is InChI=1S/C18H16N2OS/c1-2-20(16-9-4-3-5-10-16)18(21)15-8-6-7-14(13-15)17-19-11-12-22-17/h3-13H,2H2,1H3. The van der Waals surface area contributed by atoms with Gasteiger partial charge in [0.2, 0.25) is 0 Å². The van der Waals surface area contributed by atoms with Crippen molar-refractivity contribution in [1.82, 2.24) is 4.98 Å². The molecule has 22 heavy (non-hydrogen) atoms. The van der Waals surface area contributed by atoms with Gasteiger partial charge in [0.1, 0.15) is 5.01 Å². The maximum atomic E-state index is 12.8. The largest absolute Gasteiger partial charge is 0.309 e. The number of para-hydroxylation sites is 1. The maximum Gasteiger partial charge on any atom is 0.258 e. The Labute approximate surface area is 133 Å². The normalized spacial score (nSPS) is 10.4. The Balaban J connectivity index is 1.93. The highest BCUT2D eigenvalue weighted by molar-refractivity contribution is 7.13. The molecule has 0 fully saturated rings. The number of aromatic nitrogens is 1. The molecule has 1 aromatic heterocycles. The fraction of sp³-hybridized carbons (Fsp3) is 0.111. The molecule has 0 atom stereocenters. The third kappa shape index (κ3) is 2.92. The van der Waals surface area contributed by atoms with Crippen molar-refractivity contribution in [2.75, 3.05) is 11.4 Å². The van der Waals surface area contributed by atoms with Crippen LogP contribution < -0.4 is 4.90 Å². The number of nitrogens with zero attached hydrogens (tertiary/aromatic N) is 2. The molecule has 0 saturated heterocycles. The molecule has 0 bridgehead atoms. The molecule has 2 aromatic carbocycles. The van der Waals surface area contributed by atoms with Gasteiger partial charge >= 0.3 is 0 Å². The Bertz CT molecular complexity index is 754. The van der Waals surface area contributed by atoms with Crippen LogP contribution in [0.15, 0.2) is 66.2 Å². The van der Waals surface area contributed by atoms with Crippen LogP contribution in [0.4, 0.5) is 5.69 Å². The molecular formula is C18H16N2OS. The lowest BCUT2D eigenvalue weighted by molar-refractivity contribution is 0.0988. The first-order valence-corrected chi connectivity index (χ1v) is 8.04. The van der Waals surface area contributed by atoms with Crippen molar-refractivity contribution >= 4 is 22.9 Å².